The zero-order valence-corrected chi connectivity index (χ0v) is 13.6. The van der Waals surface area contributed by atoms with Crippen LogP contribution in [0.25, 0.3) is 0 Å². The first-order valence-corrected chi connectivity index (χ1v) is 6.80. The molecule has 0 saturated carbocycles. The number of nitrogens with zero attached hydrogens (tertiary/aromatic N) is 1. The van der Waals surface area contributed by atoms with Crippen molar-refractivity contribution in [3.8, 4) is 0 Å². The summed E-state index contributed by atoms with van der Waals surface area (Å²) in [5, 5.41) is 13.6. The topological polar surface area (TPSA) is 98.3 Å². The van der Waals surface area contributed by atoms with Gasteiger partial charge < -0.3 is 11.1 Å². The van der Waals surface area contributed by atoms with Crippen LogP contribution < -0.4 is 11.1 Å². The number of hydrogen-bond donors (Lipinski definition) is 2. The van der Waals surface area contributed by atoms with Crippen molar-refractivity contribution in [3.05, 3.63) is 25.9 Å². The highest BCUT2D eigenvalue weighted by Crippen LogP contribution is 2.28. The second kappa shape index (κ2) is 7.01. The quantitative estimate of drug-likeness (QED) is 0.643. The lowest BCUT2D eigenvalue weighted by Crippen LogP contribution is -2.54. The molecular weight excluding hydrogens is 302 g/mol. The Hall–Kier alpha value is -1.18. The van der Waals surface area contributed by atoms with Gasteiger partial charge in [-0.25, -0.2) is 0 Å². The normalized spacial score (nSPS) is 13.5. The van der Waals surface area contributed by atoms with E-state index in [1.165, 1.54) is 6.07 Å². The van der Waals surface area contributed by atoms with Gasteiger partial charge in [-0.3, -0.25) is 14.9 Å². The largest absolute Gasteiger partial charge is 0.345 e. The summed E-state index contributed by atoms with van der Waals surface area (Å²) in [6, 6.07) is 1.31. The fourth-order valence-electron chi connectivity index (χ4n) is 1.52. The Morgan fingerprint density at radius 1 is 1.60 bits per heavy atom. The minimum atomic E-state index is -0.524. The van der Waals surface area contributed by atoms with Gasteiger partial charge in [0.05, 0.1) is 20.2 Å². The molecule has 0 spiro atoms. The van der Waals surface area contributed by atoms with E-state index in [0.717, 1.165) is 11.3 Å². The molecular formula is C12H20ClN3O3S. The number of nitrogens with one attached hydrogen (secondary N) is 1. The Labute approximate surface area is 128 Å². The molecule has 0 fully saturated rings. The average molecular weight is 322 g/mol. The average Bonchev–Trinajstić information content (AvgIpc) is 2.71. The summed E-state index contributed by atoms with van der Waals surface area (Å²) in [7, 11) is 0. The maximum absolute atomic E-state index is 12.1. The van der Waals surface area contributed by atoms with Gasteiger partial charge in [-0.1, -0.05) is 13.8 Å². The zero-order valence-electron chi connectivity index (χ0n) is 11.9. The predicted molar refractivity (Wildman–Crippen MR) is 82.7 cm³/mol. The molecule has 1 aromatic heterocycles. The molecule has 1 heterocycles. The molecule has 1 amide bonds. The second-order valence-corrected chi connectivity index (χ2v) is 6.30. The van der Waals surface area contributed by atoms with Crippen LogP contribution >= 0.6 is 23.7 Å². The van der Waals surface area contributed by atoms with Gasteiger partial charge in [-0.15, -0.1) is 23.7 Å². The molecule has 0 aliphatic rings. The number of carbonyl (C=O) groups excluding carboxylic acids is 1. The van der Waals surface area contributed by atoms with E-state index in [0.29, 0.717) is 16.3 Å². The number of aryl methyl sites for hydroxylation is 1. The first-order chi connectivity index (χ1) is 8.71. The van der Waals surface area contributed by atoms with Crippen molar-refractivity contribution in [2.45, 2.75) is 33.2 Å². The molecule has 1 aromatic rings. The Kier molecular flexibility index (Phi) is 6.60. The molecule has 0 bridgehead atoms. The molecule has 1 unspecified atom stereocenters. The molecule has 0 aromatic carbocycles. The van der Waals surface area contributed by atoms with Crippen LogP contribution in [0, 0.1) is 23.0 Å². The molecule has 1 atom stereocenters. The highest BCUT2D eigenvalue weighted by atomic mass is 35.5. The summed E-state index contributed by atoms with van der Waals surface area (Å²) in [6.45, 7) is 7.74. The molecule has 20 heavy (non-hydrogen) atoms. The van der Waals surface area contributed by atoms with E-state index in [9.17, 15) is 14.9 Å². The third kappa shape index (κ3) is 3.91. The molecule has 0 aliphatic heterocycles. The van der Waals surface area contributed by atoms with Gasteiger partial charge >= 0.3 is 0 Å². The molecule has 114 valence electrons. The number of nitrogens with two attached hydrogens (primary N) is 1. The van der Waals surface area contributed by atoms with Crippen LogP contribution in [0.2, 0.25) is 0 Å². The number of nitro groups is 1. The van der Waals surface area contributed by atoms with Crippen LogP contribution in [0.5, 0.6) is 0 Å². The third-order valence-corrected chi connectivity index (χ3v) is 4.45. The van der Waals surface area contributed by atoms with Crippen LogP contribution in [-0.2, 0) is 0 Å². The van der Waals surface area contributed by atoms with Gasteiger partial charge in [0.25, 0.3) is 11.6 Å². The van der Waals surface area contributed by atoms with Gasteiger partial charge in [0.15, 0.2) is 0 Å². The van der Waals surface area contributed by atoms with Crippen molar-refractivity contribution in [3.63, 3.8) is 0 Å². The van der Waals surface area contributed by atoms with E-state index in [-0.39, 0.29) is 29.9 Å². The number of thiophene rings is 1. The first-order valence-electron chi connectivity index (χ1n) is 5.98. The van der Waals surface area contributed by atoms with Crippen molar-refractivity contribution in [2.75, 3.05) is 6.54 Å². The fraction of sp³-hybridized carbons (Fsp3) is 0.583. The SMILES string of the molecule is Cc1sc(C(=O)NC(C)(CN)C(C)C)cc1[N+](=O)[O-].Cl. The van der Waals surface area contributed by atoms with Crippen molar-refractivity contribution in [2.24, 2.45) is 11.7 Å². The molecule has 8 heteroatoms. The highest BCUT2D eigenvalue weighted by Gasteiger charge is 2.30. The van der Waals surface area contributed by atoms with Gasteiger partial charge in [0, 0.05) is 12.6 Å². The number of amides is 1. The molecule has 1 rings (SSSR count). The molecule has 6 nitrogen and oxygen atoms in total. The van der Waals surface area contributed by atoms with Crippen molar-refractivity contribution < 1.29 is 9.72 Å². The smallest absolute Gasteiger partial charge is 0.283 e. The van der Waals surface area contributed by atoms with Crippen molar-refractivity contribution in [1.29, 1.82) is 0 Å². The first kappa shape index (κ1) is 18.8. The molecule has 0 aliphatic carbocycles. The van der Waals surface area contributed by atoms with E-state index < -0.39 is 10.5 Å². The number of rotatable bonds is 5. The third-order valence-electron chi connectivity index (χ3n) is 3.41. The summed E-state index contributed by atoms with van der Waals surface area (Å²) in [5.41, 5.74) is 5.15. The maximum atomic E-state index is 12.1. The number of halogens is 1. The number of hydrogen-bond acceptors (Lipinski definition) is 5. The lowest BCUT2D eigenvalue weighted by Gasteiger charge is -2.33. The summed E-state index contributed by atoms with van der Waals surface area (Å²) in [6.07, 6.45) is 0. The Morgan fingerprint density at radius 2 is 2.15 bits per heavy atom. The van der Waals surface area contributed by atoms with E-state index in [2.05, 4.69) is 5.32 Å². The van der Waals surface area contributed by atoms with Crippen LogP contribution in [0.3, 0.4) is 0 Å². The summed E-state index contributed by atoms with van der Waals surface area (Å²) in [4.78, 5) is 23.3. The summed E-state index contributed by atoms with van der Waals surface area (Å²) >= 11 is 1.12. The summed E-state index contributed by atoms with van der Waals surface area (Å²) < 4.78 is 0. The van der Waals surface area contributed by atoms with Crippen LogP contribution in [0.1, 0.15) is 35.3 Å². The lowest BCUT2D eigenvalue weighted by atomic mass is 9.88. The van der Waals surface area contributed by atoms with Crippen LogP contribution in [0.4, 0.5) is 5.69 Å². The minimum Gasteiger partial charge on any atom is -0.345 e. The van der Waals surface area contributed by atoms with Crippen molar-refractivity contribution >= 4 is 35.3 Å². The van der Waals surface area contributed by atoms with Gasteiger partial charge in [0.2, 0.25) is 0 Å². The lowest BCUT2D eigenvalue weighted by molar-refractivity contribution is -0.385. The van der Waals surface area contributed by atoms with Crippen molar-refractivity contribution in [1.82, 2.24) is 5.32 Å². The Bertz CT molecular complexity index is 504. The van der Waals surface area contributed by atoms with E-state index in [1.807, 2.05) is 20.8 Å². The van der Waals surface area contributed by atoms with Gasteiger partial charge in [0.1, 0.15) is 0 Å². The van der Waals surface area contributed by atoms with Crippen LogP contribution in [-0.4, -0.2) is 22.9 Å². The number of carbonyl (C=O) groups is 1. The van der Waals surface area contributed by atoms with E-state index >= 15 is 0 Å². The summed E-state index contributed by atoms with van der Waals surface area (Å²) in [5.74, 6) is -0.152. The monoisotopic (exact) mass is 321 g/mol. The standard InChI is InChI=1S/C12H19N3O3S.ClH/c1-7(2)12(4,6-13)14-11(16)10-5-9(15(17)18)8(3)19-10;/h5,7H,6,13H2,1-4H3,(H,14,16);1H. The maximum Gasteiger partial charge on any atom is 0.283 e. The second-order valence-electron chi connectivity index (χ2n) is 5.04. The Morgan fingerprint density at radius 3 is 2.50 bits per heavy atom. The van der Waals surface area contributed by atoms with E-state index in [1.54, 1.807) is 6.92 Å². The Balaban J connectivity index is 0.00000361. The highest BCUT2D eigenvalue weighted by molar-refractivity contribution is 7.14. The van der Waals surface area contributed by atoms with Crippen LogP contribution in [0.15, 0.2) is 6.07 Å². The van der Waals surface area contributed by atoms with E-state index in [4.69, 9.17) is 5.73 Å². The zero-order chi connectivity index (χ0) is 14.8. The minimum absolute atomic E-state index is 0. The van der Waals surface area contributed by atoms with Gasteiger partial charge in [-0.2, -0.15) is 0 Å². The molecule has 3 N–H and O–H groups in total. The molecule has 0 saturated heterocycles. The molecule has 0 radical (unpaired) electrons. The van der Waals surface area contributed by atoms with Gasteiger partial charge in [-0.05, 0) is 19.8 Å². The predicted octanol–water partition coefficient (Wildman–Crippen LogP) is 2.49. The fourth-order valence-corrected chi connectivity index (χ4v) is 2.40.